The number of halogens is 1. The number of ether oxygens (including phenoxy) is 1. The lowest BCUT2D eigenvalue weighted by Crippen LogP contribution is -2.35. The molecule has 2 aliphatic heterocycles. The maximum Gasteiger partial charge on any atom is 0.338 e. The summed E-state index contributed by atoms with van der Waals surface area (Å²) in [4.78, 5) is 54.2. The molecule has 0 bridgehead atoms. The third-order valence-corrected chi connectivity index (χ3v) is 6.88. The van der Waals surface area contributed by atoms with Crippen molar-refractivity contribution >= 4 is 46.7 Å². The average Bonchev–Trinajstić information content (AvgIpc) is 3.15. The van der Waals surface area contributed by atoms with E-state index in [4.69, 9.17) is 16.3 Å². The normalized spacial score (nSPS) is 15.1. The zero-order valence-electron chi connectivity index (χ0n) is 21.4. The fourth-order valence-electron chi connectivity index (χ4n) is 4.59. The summed E-state index contributed by atoms with van der Waals surface area (Å²) in [6.07, 6.45) is 0.490. The van der Waals surface area contributed by atoms with Crippen LogP contribution < -0.4 is 10.2 Å². The molecule has 0 aromatic heterocycles. The van der Waals surface area contributed by atoms with Gasteiger partial charge in [0.2, 0.25) is 0 Å². The van der Waals surface area contributed by atoms with Gasteiger partial charge >= 0.3 is 5.97 Å². The first-order valence-electron chi connectivity index (χ1n) is 12.6. The summed E-state index contributed by atoms with van der Waals surface area (Å²) in [5.41, 5.74) is 3.72. The number of benzene rings is 3. The lowest BCUT2D eigenvalue weighted by Gasteiger charge is -2.29. The van der Waals surface area contributed by atoms with E-state index in [-0.39, 0.29) is 34.0 Å². The van der Waals surface area contributed by atoms with E-state index in [1.165, 1.54) is 17.7 Å². The molecule has 0 fully saturated rings. The minimum atomic E-state index is -0.712. The van der Waals surface area contributed by atoms with Crippen LogP contribution in [0.3, 0.4) is 0 Å². The number of amides is 3. The highest BCUT2D eigenvalue weighted by Gasteiger charge is 2.39. The number of hydrogen-bond donors (Lipinski definition) is 1. The van der Waals surface area contributed by atoms with E-state index >= 15 is 0 Å². The predicted molar refractivity (Wildman–Crippen MR) is 147 cm³/mol. The predicted octanol–water partition coefficient (Wildman–Crippen LogP) is 4.89. The van der Waals surface area contributed by atoms with Gasteiger partial charge in [0.25, 0.3) is 17.7 Å². The molecule has 0 unspecified atom stereocenters. The van der Waals surface area contributed by atoms with Crippen LogP contribution in [0, 0.1) is 0 Å². The second-order valence-corrected chi connectivity index (χ2v) is 9.96. The molecule has 1 N–H and O–H groups in total. The van der Waals surface area contributed by atoms with Crippen LogP contribution in [0.25, 0.3) is 0 Å². The maximum absolute atomic E-state index is 13.2. The Bertz CT molecular complexity index is 1510. The Kier molecular flexibility index (Phi) is 7.21. The summed E-state index contributed by atoms with van der Waals surface area (Å²) in [5, 5.41) is 2.64. The van der Waals surface area contributed by atoms with Crippen LogP contribution in [0.15, 0.2) is 83.5 Å². The third kappa shape index (κ3) is 5.28. The number of carbonyl (C=O) groups excluding carboxylic acids is 4. The molecule has 198 valence electrons. The molecule has 0 spiro atoms. The zero-order chi connectivity index (χ0) is 27.7. The number of nitrogens with one attached hydrogen (secondary N) is 1. The highest BCUT2D eigenvalue weighted by Crippen LogP contribution is 2.31. The van der Waals surface area contributed by atoms with Gasteiger partial charge in [-0.1, -0.05) is 41.9 Å². The Labute approximate surface area is 230 Å². The number of rotatable bonds is 6. The van der Waals surface area contributed by atoms with Gasteiger partial charge in [0.15, 0.2) is 0 Å². The second-order valence-electron chi connectivity index (χ2n) is 9.59. The van der Waals surface area contributed by atoms with Crippen LogP contribution in [0.2, 0.25) is 0 Å². The number of carbonyl (C=O) groups is 4. The number of esters is 1. The van der Waals surface area contributed by atoms with E-state index in [2.05, 4.69) is 11.4 Å². The van der Waals surface area contributed by atoms with Crippen molar-refractivity contribution in [2.75, 3.05) is 16.8 Å². The minimum absolute atomic E-state index is 0.0810. The van der Waals surface area contributed by atoms with E-state index in [1.54, 1.807) is 50.2 Å². The van der Waals surface area contributed by atoms with Gasteiger partial charge in [0, 0.05) is 24.3 Å². The molecule has 0 atom stereocenters. The molecule has 0 saturated carbocycles. The fraction of sp³-hybridized carbons (Fsp3) is 0.200. The second kappa shape index (κ2) is 10.7. The van der Waals surface area contributed by atoms with Gasteiger partial charge in [-0.25, -0.2) is 9.69 Å². The van der Waals surface area contributed by atoms with Gasteiger partial charge in [0.1, 0.15) is 10.7 Å². The van der Waals surface area contributed by atoms with Gasteiger partial charge in [-0.3, -0.25) is 14.4 Å². The Morgan fingerprint density at radius 1 is 0.897 bits per heavy atom. The van der Waals surface area contributed by atoms with Crippen LogP contribution in [-0.2, 0) is 27.3 Å². The first-order chi connectivity index (χ1) is 18.7. The van der Waals surface area contributed by atoms with E-state index < -0.39 is 17.8 Å². The highest BCUT2D eigenvalue weighted by molar-refractivity contribution is 6.53. The third-order valence-electron chi connectivity index (χ3n) is 6.53. The highest BCUT2D eigenvalue weighted by atomic mass is 35.5. The Balaban J connectivity index is 1.29. The number of fused-ring (bicyclic) bond motifs is 1. The largest absolute Gasteiger partial charge is 0.459 e. The van der Waals surface area contributed by atoms with Gasteiger partial charge in [-0.2, -0.15) is 0 Å². The van der Waals surface area contributed by atoms with Crippen molar-refractivity contribution in [1.82, 2.24) is 4.90 Å². The molecular weight excluding hydrogens is 518 g/mol. The molecule has 2 aliphatic rings. The standard InChI is InChI=1S/C30H26ClN3O5/c1-18(2)39-30(38)21-8-5-9-24(16-21)34-28(36)25(31)26(29(34)37)32-23-12-10-20(11-13-23)27(35)33-15-14-19-6-3-4-7-22(19)17-33/h3-13,16,18,32H,14-15,17H2,1-2H3. The summed E-state index contributed by atoms with van der Waals surface area (Å²) in [6.45, 7) is 4.65. The van der Waals surface area contributed by atoms with Crippen molar-refractivity contribution in [3.05, 3.63) is 106 Å². The van der Waals surface area contributed by atoms with E-state index in [9.17, 15) is 19.2 Å². The van der Waals surface area contributed by atoms with Crippen molar-refractivity contribution in [1.29, 1.82) is 0 Å². The number of hydrogen-bond acceptors (Lipinski definition) is 6. The monoisotopic (exact) mass is 543 g/mol. The molecule has 0 radical (unpaired) electrons. The summed E-state index contributed by atoms with van der Waals surface area (Å²) >= 11 is 6.27. The zero-order valence-corrected chi connectivity index (χ0v) is 22.2. The van der Waals surface area contributed by atoms with Gasteiger partial charge in [-0.05, 0) is 73.9 Å². The Morgan fingerprint density at radius 2 is 1.62 bits per heavy atom. The maximum atomic E-state index is 13.2. The summed E-state index contributed by atoms with van der Waals surface area (Å²) in [7, 11) is 0. The molecule has 3 aromatic carbocycles. The Hall–Kier alpha value is -4.43. The summed E-state index contributed by atoms with van der Waals surface area (Å²) < 4.78 is 5.21. The quantitative estimate of drug-likeness (QED) is 0.351. The lowest BCUT2D eigenvalue weighted by atomic mass is 9.99. The number of nitrogens with zero attached hydrogens (tertiary/aromatic N) is 2. The fourth-order valence-corrected chi connectivity index (χ4v) is 4.80. The van der Waals surface area contributed by atoms with Crippen LogP contribution in [0.5, 0.6) is 0 Å². The molecular formula is C30H26ClN3O5. The molecule has 5 rings (SSSR count). The van der Waals surface area contributed by atoms with Crippen molar-refractivity contribution < 1.29 is 23.9 Å². The van der Waals surface area contributed by atoms with E-state index in [0.29, 0.717) is 24.3 Å². The molecule has 9 heteroatoms. The van der Waals surface area contributed by atoms with Crippen molar-refractivity contribution in [2.24, 2.45) is 0 Å². The van der Waals surface area contributed by atoms with Crippen LogP contribution in [0.1, 0.15) is 45.7 Å². The number of anilines is 2. The lowest BCUT2D eigenvalue weighted by molar-refractivity contribution is -0.120. The first-order valence-corrected chi connectivity index (χ1v) is 12.9. The van der Waals surface area contributed by atoms with Gasteiger partial charge < -0.3 is 15.0 Å². The molecule has 3 amide bonds. The van der Waals surface area contributed by atoms with Crippen molar-refractivity contribution in [2.45, 2.75) is 32.9 Å². The van der Waals surface area contributed by atoms with Crippen LogP contribution in [0.4, 0.5) is 11.4 Å². The summed E-state index contributed by atoms with van der Waals surface area (Å²) in [5.74, 6) is -2.02. The van der Waals surface area contributed by atoms with Gasteiger partial charge in [0.05, 0.1) is 17.4 Å². The molecule has 3 aromatic rings. The van der Waals surface area contributed by atoms with Crippen molar-refractivity contribution in [3.8, 4) is 0 Å². The van der Waals surface area contributed by atoms with E-state index in [0.717, 1.165) is 16.9 Å². The topological polar surface area (TPSA) is 96.0 Å². The molecule has 8 nitrogen and oxygen atoms in total. The molecule has 39 heavy (non-hydrogen) atoms. The smallest absolute Gasteiger partial charge is 0.338 e. The van der Waals surface area contributed by atoms with Crippen molar-refractivity contribution in [3.63, 3.8) is 0 Å². The first kappa shape index (κ1) is 26.2. The Morgan fingerprint density at radius 3 is 2.33 bits per heavy atom. The number of imide groups is 1. The molecule has 0 aliphatic carbocycles. The van der Waals surface area contributed by atoms with Crippen LogP contribution in [-0.4, -0.2) is 41.2 Å². The molecule has 0 saturated heterocycles. The SMILES string of the molecule is CC(C)OC(=O)c1cccc(N2C(=O)C(Cl)=C(Nc3ccc(C(=O)N4CCc5ccccc5C4)cc3)C2=O)c1. The average molecular weight is 544 g/mol. The van der Waals surface area contributed by atoms with Crippen LogP contribution >= 0.6 is 11.6 Å². The molecule has 2 heterocycles. The van der Waals surface area contributed by atoms with E-state index in [1.807, 2.05) is 23.1 Å². The van der Waals surface area contributed by atoms with Gasteiger partial charge in [-0.15, -0.1) is 0 Å². The minimum Gasteiger partial charge on any atom is -0.459 e. The summed E-state index contributed by atoms with van der Waals surface area (Å²) in [6, 6.07) is 20.8.